The summed E-state index contributed by atoms with van der Waals surface area (Å²) in [5.41, 5.74) is 4.47. The molecule has 14 heteroatoms. The summed E-state index contributed by atoms with van der Waals surface area (Å²) in [7, 11) is -4.59. The van der Waals surface area contributed by atoms with Crippen LogP contribution in [0.1, 0.15) is 115 Å². The quantitative estimate of drug-likeness (QED) is 0.0835. The summed E-state index contributed by atoms with van der Waals surface area (Å²) >= 11 is 0. The van der Waals surface area contributed by atoms with Crippen molar-refractivity contribution in [3.8, 4) is 6.07 Å². The molecule has 0 radical (unpaired) electrons. The third-order valence-electron chi connectivity index (χ3n) is 8.21. The number of aliphatic hydroxyl groups is 2. The molecule has 2 aromatic rings. The van der Waals surface area contributed by atoms with Gasteiger partial charge in [-0.3, -0.25) is 9.05 Å². The number of phosphoric ester groups is 1. The van der Waals surface area contributed by atoms with Crippen LogP contribution < -0.4 is 5.73 Å². The third kappa shape index (κ3) is 11.6. The van der Waals surface area contributed by atoms with Crippen LogP contribution in [0.25, 0.3) is 5.52 Å². The third-order valence-corrected chi connectivity index (χ3v) is 9.18. The first-order valence-corrected chi connectivity index (χ1v) is 18.0. The first-order chi connectivity index (χ1) is 21.7. The van der Waals surface area contributed by atoms with Crippen LogP contribution in [-0.4, -0.2) is 73.9 Å². The first-order valence-electron chi connectivity index (χ1n) is 16.5. The monoisotopic (exact) mass is 653 g/mol. The standard InChI is InChI=1S/C31H52N5O8P/c1-2-3-4-5-6-7-8-9-10-11-12-13-14-15-19-41-20-16-21-42-45(39,40)43-23-31(22-32)29(38)27(37)28(44-31)25-17-18-26-30(33)34-24-35-36(25)26/h17-18,24,27-29,37-38H,2-16,19-21,23H2,1H3,(H,39,40)(H2,33,34,35)/t27-,28-,29-,31+/m0/s1. The van der Waals surface area contributed by atoms with Gasteiger partial charge in [-0.15, -0.1) is 0 Å². The molecular formula is C31H52N5O8P. The molecule has 5 atom stereocenters. The van der Waals surface area contributed by atoms with Crippen molar-refractivity contribution >= 4 is 19.2 Å². The van der Waals surface area contributed by atoms with Gasteiger partial charge in [0.2, 0.25) is 5.60 Å². The van der Waals surface area contributed by atoms with E-state index >= 15 is 0 Å². The lowest BCUT2D eigenvalue weighted by Crippen LogP contribution is -2.45. The largest absolute Gasteiger partial charge is 0.472 e. The van der Waals surface area contributed by atoms with E-state index in [9.17, 15) is 24.9 Å². The summed E-state index contributed by atoms with van der Waals surface area (Å²) in [6.45, 7) is 2.34. The van der Waals surface area contributed by atoms with Crippen LogP contribution in [-0.2, 0) is 23.1 Å². The first kappa shape index (κ1) is 37.3. The number of anilines is 1. The Bertz CT molecular complexity index is 1230. The highest BCUT2D eigenvalue weighted by Gasteiger charge is 2.57. The van der Waals surface area contributed by atoms with Gasteiger partial charge in [0.15, 0.2) is 5.82 Å². The van der Waals surface area contributed by atoms with E-state index in [2.05, 4.69) is 17.0 Å². The molecule has 0 spiro atoms. The lowest BCUT2D eigenvalue weighted by Gasteiger charge is -2.25. The number of rotatable bonds is 24. The second-order valence-corrected chi connectivity index (χ2v) is 13.3. The molecule has 13 nitrogen and oxygen atoms in total. The van der Waals surface area contributed by atoms with Crippen molar-refractivity contribution in [3.05, 3.63) is 24.2 Å². The molecule has 45 heavy (non-hydrogen) atoms. The molecule has 1 saturated heterocycles. The van der Waals surface area contributed by atoms with E-state index in [4.69, 9.17) is 24.3 Å². The number of unbranched alkanes of at least 4 members (excludes halogenated alkanes) is 13. The fourth-order valence-electron chi connectivity index (χ4n) is 5.53. The lowest BCUT2D eigenvalue weighted by molar-refractivity contribution is -0.0744. The average molecular weight is 654 g/mol. The average Bonchev–Trinajstić information content (AvgIpc) is 3.57. The molecule has 0 bridgehead atoms. The minimum absolute atomic E-state index is 0.0992. The Morgan fingerprint density at radius 3 is 2.18 bits per heavy atom. The molecule has 5 N–H and O–H groups in total. The van der Waals surface area contributed by atoms with Gasteiger partial charge in [0, 0.05) is 13.2 Å². The molecule has 0 saturated carbocycles. The summed E-state index contributed by atoms with van der Waals surface area (Å²) in [6, 6.07) is 4.95. The Morgan fingerprint density at radius 2 is 1.56 bits per heavy atom. The maximum atomic E-state index is 12.4. The number of aliphatic hydroxyl groups excluding tert-OH is 2. The molecule has 254 valence electrons. The second-order valence-electron chi connectivity index (χ2n) is 11.8. The van der Waals surface area contributed by atoms with Gasteiger partial charge in [0.05, 0.1) is 12.3 Å². The van der Waals surface area contributed by atoms with Crippen LogP contribution in [0.4, 0.5) is 5.82 Å². The van der Waals surface area contributed by atoms with Crippen molar-refractivity contribution in [3.63, 3.8) is 0 Å². The number of hydrogen-bond acceptors (Lipinski definition) is 11. The molecule has 1 fully saturated rings. The number of nitrogens with zero attached hydrogens (tertiary/aromatic N) is 4. The highest BCUT2D eigenvalue weighted by atomic mass is 31.2. The maximum Gasteiger partial charge on any atom is 0.472 e. The molecule has 3 rings (SSSR count). The Balaban J connectivity index is 1.24. The van der Waals surface area contributed by atoms with E-state index in [1.165, 1.54) is 87.9 Å². The van der Waals surface area contributed by atoms with Gasteiger partial charge < -0.3 is 30.3 Å². The number of ether oxygens (including phenoxy) is 2. The Labute approximate surface area is 266 Å². The number of fused-ring (bicyclic) bond motifs is 1. The molecular weight excluding hydrogens is 601 g/mol. The van der Waals surface area contributed by atoms with Crippen LogP contribution in [0.3, 0.4) is 0 Å². The Kier molecular flexibility index (Phi) is 16.2. The number of nitriles is 1. The SMILES string of the molecule is CCCCCCCCCCCCCCCCOCCCOP(=O)(O)OC[C@@]1(C#N)O[C@@H](c2ccc3c(N)ncnn23)[C@H](O)[C@@H]1O. The molecule has 0 aliphatic carbocycles. The second kappa shape index (κ2) is 19.5. The van der Waals surface area contributed by atoms with Gasteiger partial charge in [0.1, 0.15) is 42.8 Å². The highest BCUT2D eigenvalue weighted by Crippen LogP contribution is 2.47. The van der Waals surface area contributed by atoms with Gasteiger partial charge in [-0.25, -0.2) is 14.1 Å². The van der Waals surface area contributed by atoms with Crippen molar-refractivity contribution in [2.45, 2.75) is 127 Å². The van der Waals surface area contributed by atoms with E-state index in [1.54, 1.807) is 18.2 Å². The van der Waals surface area contributed by atoms with E-state index in [0.717, 1.165) is 12.8 Å². The zero-order valence-electron chi connectivity index (χ0n) is 26.6. The molecule has 3 heterocycles. The molecule has 0 amide bonds. The maximum absolute atomic E-state index is 12.4. The van der Waals surface area contributed by atoms with Gasteiger partial charge >= 0.3 is 7.82 Å². The van der Waals surface area contributed by atoms with Crippen molar-refractivity contribution in [2.24, 2.45) is 0 Å². The van der Waals surface area contributed by atoms with Crippen LogP contribution in [0.2, 0.25) is 0 Å². The van der Waals surface area contributed by atoms with Gasteiger partial charge in [-0.05, 0) is 25.0 Å². The Hall–Kier alpha value is -2.14. The fraction of sp³-hybridized carbons (Fsp3) is 0.774. The van der Waals surface area contributed by atoms with Crippen molar-refractivity contribution in [2.75, 3.05) is 32.2 Å². The zero-order valence-corrected chi connectivity index (χ0v) is 27.5. The summed E-state index contributed by atoms with van der Waals surface area (Å²) in [5.74, 6) is 0.192. The van der Waals surface area contributed by atoms with Crippen LogP contribution in [0.5, 0.6) is 0 Å². The summed E-state index contributed by atoms with van der Waals surface area (Å²) in [5, 5.41) is 35.3. The fourth-order valence-corrected chi connectivity index (χ4v) is 6.32. The van der Waals surface area contributed by atoms with E-state index < -0.39 is 38.3 Å². The molecule has 1 aliphatic rings. The summed E-state index contributed by atoms with van der Waals surface area (Å²) in [4.78, 5) is 14.0. The predicted molar refractivity (Wildman–Crippen MR) is 169 cm³/mol. The highest BCUT2D eigenvalue weighted by molar-refractivity contribution is 7.47. The minimum Gasteiger partial charge on any atom is -0.387 e. The number of phosphoric acid groups is 1. The molecule has 0 aromatic carbocycles. The van der Waals surface area contributed by atoms with Crippen LogP contribution in [0.15, 0.2) is 18.5 Å². The normalized spacial score (nSPS) is 23.0. The number of nitrogens with two attached hydrogens (primary N) is 1. The number of hydrogen-bond donors (Lipinski definition) is 4. The number of aromatic nitrogens is 3. The molecule has 2 aromatic heterocycles. The lowest BCUT2D eigenvalue weighted by atomic mass is 9.96. The zero-order chi connectivity index (χ0) is 32.5. The van der Waals surface area contributed by atoms with Crippen molar-refractivity contribution in [1.29, 1.82) is 5.26 Å². The van der Waals surface area contributed by atoms with Gasteiger partial charge in [-0.1, -0.05) is 90.4 Å². The van der Waals surface area contributed by atoms with Crippen molar-refractivity contribution in [1.82, 2.24) is 14.6 Å². The summed E-state index contributed by atoms with van der Waals surface area (Å²) in [6.07, 6.45) is 15.2. The smallest absolute Gasteiger partial charge is 0.387 e. The molecule has 1 aliphatic heterocycles. The minimum atomic E-state index is -4.59. The van der Waals surface area contributed by atoms with E-state index in [1.807, 2.05) is 0 Å². The van der Waals surface area contributed by atoms with E-state index in [0.29, 0.717) is 30.8 Å². The van der Waals surface area contributed by atoms with Crippen molar-refractivity contribution < 1.29 is 38.2 Å². The topological polar surface area (TPSA) is 195 Å². The van der Waals surface area contributed by atoms with Crippen LogP contribution in [0, 0.1) is 11.3 Å². The van der Waals surface area contributed by atoms with Gasteiger partial charge in [-0.2, -0.15) is 10.4 Å². The number of nitrogen functional groups attached to an aromatic ring is 1. The Morgan fingerprint density at radius 1 is 0.956 bits per heavy atom. The predicted octanol–water partition coefficient (Wildman–Crippen LogP) is 5.39. The summed E-state index contributed by atoms with van der Waals surface area (Å²) < 4.78 is 35.2. The van der Waals surface area contributed by atoms with Crippen LogP contribution >= 0.6 is 7.82 Å². The molecule has 1 unspecified atom stereocenters. The van der Waals surface area contributed by atoms with E-state index in [-0.39, 0.29) is 12.4 Å². The van der Waals surface area contributed by atoms with Gasteiger partial charge in [0.25, 0.3) is 0 Å².